The first-order valence-corrected chi connectivity index (χ1v) is 8.99. The first-order chi connectivity index (χ1) is 12.7. The number of nitrogen functional groups attached to an aromatic ring is 1. The first-order valence-electron chi connectivity index (χ1n) is 8.99. The van der Waals surface area contributed by atoms with E-state index in [-0.39, 0.29) is 12.1 Å². The van der Waals surface area contributed by atoms with Gasteiger partial charge in [0, 0.05) is 42.3 Å². The van der Waals surface area contributed by atoms with Crippen molar-refractivity contribution in [3.63, 3.8) is 0 Å². The maximum absolute atomic E-state index is 13.2. The summed E-state index contributed by atoms with van der Waals surface area (Å²) >= 11 is 0. The normalized spacial score (nSPS) is 26.9. The van der Waals surface area contributed by atoms with Gasteiger partial charge >= 0.3 is 6.18 Å². The van der Waals surface area contributed by atoms with Gasteiger partial charge in [-0.15, -0.1) is 0 Å². The van der Waals surface area contributed by atoms with Crippen LogP contribution in [0.15, 0.2) is 18.3 Å². The van der Waals surface area contributed by atoms with Gasteiger partial charge in [-0.25, -0.2) is 11.6 Å². The third-order valence-corrected chi connectivity index (χ3v) is 5.72. The third-order valence-electron chi connectivity index (χ3n) is 5.72. The molecule has 4 rings (SSSR count). The summed E-state index contributed by atoms with van der Waals surface area (Å²) in [5.41, 5.74) is 6.29. The molecular weight excluding hydrogens is 355 g/mol. The van der Waals surface area contributed by atoms with Crippen molar-refractivity contribution in [1.29, 1.82) is 0 Å². The van der Waals surface area contributed by atoms with Crippen molar-refractivity contribution >= 4 is 5.82 Å². The van der Waals surface area contributed by atoms with Crippen molar-refractivity contribution in [2.24, 2.45) is 11.8 Å². The number of nitrogens with two attached hydrogens (primary N) is 1. The zero-order valence-corrected chi connectivity index (χ0v) is 15.0. The van der Waals surface area contributed by atoms with Crippen LogP contribution in [0.25, 0.3) is 16.1 Å². The summed E-state index contributed by atoms with van der Waals surface area (Å²) < 4.78 is 41.4. The standard InChI is InChI=1S/C19H20F3N5/c1-9(2)27-16(17-12-5-11(24-3)6-13(12)17)7-15(26-27)10-4-14(19(20,21)22)18(23)25-8-10/h4,7-9,11-13,17H,5-6H2,1-2H3,(H2,23,25)/t11?,12-,13+,17?. The molecule has 2 unspecified atom stereocenters. The summed E-state index contributed by atoms with van der Waals surface area (Å²) in [6.07, 6.45) is -1.42. The molecule has 0 amide bonds. The van der Waals surface area contributed by atoms with Gasteiger partial charge in [0.05, 0.1) is 11.3 Å². The summed E-state index contributed by atoms with van der Waals surface area (Å²) in [7, 11) is 0. The number of fused-ring (bicyclic) bond motifs is 1. The number of halogens is 3. The van der Waals surface area contributed by atoms with Crippen LogP contribution in [0.4, 0.5) is 19.0 Å². The molecule has 2 aliphatic rings. The SMILES string of the molecule is [C-]#[N+]C1C[C@@H]2C(c3cc(-c4cnc(N)c(C(F)(F)F)c4)nn3C(C)C)[C@@H]2C1. The minimum absolute atomic E-state index is 0.0931. The molecule has 0 aliphatic heterocycles. The van der Waals surface area contributed by atoms with Gasteiger partial charge in [-0.05, 0) is 37.8 Å². The molecule has 5 nitrogen and oxygen atoms in total. The van der Waals surface area contributed by atoms with Crippen LogP contribution in [-0.2, 0) is 6.18 Å². The Morgan fingerprint density at radius 1 is 1.26 bits per heavy atom. The van der Waals surface area contributed by atoms with Gasteiger partial charge in [-0.2, -0.15) is 18.3 Å². The summed E-state index contributed by atoms with van der Waals surface area (Å²) in [4.78, 5) is 7.37. The number of pyridine rings is 1. The van der Waals surface area contributed by atoms with Crippen molar-refractivity contribution in [2.45, 2.75) is 50.9 Å². The number of hydrogen-bond acceptors (Lipinski definition) is 3. The van der Waals surface area contributed by atoms with Crippen LogP contribution < -0.4 is 5.73 Å². The number of aromatic nitrogens is 3. The van der Waals surface area contributed by atoms with Crippen molar-refractivity contribution in [3.05, 3.63) is 41.0 Å². The number of hydrogen-bond donors (Lipinski definition) is 1. The van der Waals surface area contributed by atoms with Gasteiger partial charge < -0.3 is 10.6 Å². The average Bonchev–Trinajstić information content (AvgIpc) is 2.99. The van der Waals surface area contributed by atoms with Crippen LogP contribution >= 0.6 is 0 Å². The number of nitrogens with zero attached hydrogens (tertiary/aromatic N) is 4. The van der Waals surface area contributed by atoms with Gasteiger partial charge in [0.25, 0.3) is 0 Å². The van der Waals surface area contributed by atoms with Gasteiger partial charge in [-0.1, -0.05) is 0 Å². The van der Waals surface area contributed by atoms with Crippen LogP contribution in [0.1, 0.15) is 49.9 Å². The van der Waals surface area contributed by atoms with E-state index in [9.17, 15) is 13.2 Å². The molecule has 0 bridgehead atoms. The molecule has 2 aromatic heterocycles. The molecule has 0 aromatic carbocycles. The molecule has 27 heavy (non-hydrogen) atoms. The lowest BCUT2D eigenvalue weighted by Crippen LogP contribution is -2.11. The second kappa shape index (κ2) is 5.98. The molecule has 2 aromatic rings. The lowest BCUT2D eigenvalue weighted by molar-refractivity contribution is -0.137. The fourth-order valence-corrected chi connectivity index (χ4v) is 4.41. The highest BCUT2D eigenvalue weighted by molar-refractivity contribution is 5.63. The molecule has 2 N–H and O–H groups in total. The molecular formula is C19H20F3N5. The summed E-state index contributed by atoms with van der Waals surface area (Å²) in [6.45, 7) is 11.2. The quantitative estimate of drug-likeness (QED) is 0.802. The molecule has 4 atom stereocenters. The topological polar surface area (TPSA) is 61.1 Å². The smallest absolute Gasteiger partial charge is 0.383 e. The fourth-order valence-electron chi connectivity index (χ4n) is 4.41. The predicted octanol–water partition coefficient (Wildman–Crippen LogP) is 4.54. The van der Waals surface area contributed by atoms with Gasteiger partial charge in [0.2, 0.25) is 6.04 Å². The monoisotopic (exact) mass is 375 g/mol. The second-order valence-electron chi connectivity index (χ2n) is 7.76. The minimum Gasteiger partial charge on any atom is -0.383 e. The number of rotatable bonds is 3. The summed E-state index contributed by atoms with van der Waals surface area (Å²) in [5.74, 6) is 0.787. The summed E-state index contributed by atoms with van der Waals surface area (Å²) in [6, 6.07) is 3.10. The van der Waals surface area contributed by atoms with Crippen molar-refractivity contribution in [3.8, 4) is 11.3 Å². The van der Waals surface area contributed by atoms with Crippen molar-refractivity contribution in [2.75, 3.05) is 5.73 Å². The zero-order valence-electron chi connectivity index (χ0n) is 15.0. The number of anilines is 1. The molecule has 2 fully saturated rings. The third kappa shape index (κ3) is 2.95. The van der Waals surface area contributed by atoms with E-state index in [1.54, 1.807) is 0 Å². The van der Waals surface area contributed by atoms with E-state index in [1.807, 2.05) is 24.6 Å². The van der Waals surface area contributed by atoms with Gasteiger partial charge in [0.15, 0.2) is 0 Å². The fraction of sp³-hybridized carbons (Fsp3) is 0.526. The molecule has 0 spiro atoms. The van der Waals surface area contributed by atoms with Crippen molar-refractivity contribution < 1.29 is 13.2 Å². The Labute approximate surface area is 155 Å². The van der Waals surface area contributed by atoms with Crippen LogP contribution in [0.2, 0.25) is 0 Å². The van der Waals surface area contributed by atoms with E-state index in [4.69, 9.17) is 12.3 Å². The van der Waals surface area contributed by atoms with E-state index >= 15 is 0 Å². The Bertz CT molecular complexity index is 912. The number of alkyl halides is 3. The molecule has 142 valence electrons. The Morgan fingerprint density at radius 2 is 1.93 bits per heavy atom. The largest absolute Gasteiger partial charge is 0.419 e. The Morgan fingerprint density at radius 3 is 2.48 bits per heavy atom. The Kier molecular flexibility index (Phi) is 3.95. The van der Waals surface area contributed by atoms with Crippen LogP contribution in [-0.4, -0.2) is 20.8 Å². The molecule has 2 heterocycles. The Hall–Kier alpha value is -2.56. The Balaban J connectivity index is 1.70. The maximum atomic E-state index is 13.2. The van der Waals surface area contributed by atoms with E-state index in [2.05, 4.69) is 14.9 Å². The van der Waals surface area contributed by atoms with E-state index < -0.39 is 17.6 Å². The average molecular weight is 375 g/mol. The maximum Gasteiger partial charge on any atom is 0.419 e. The zero-order chi connectivity index (χ0) is 19.5. The summed E-state index contributed by atoms with van der Waals surface area (Å²) in [5, 5.41) is 4.57. The van der Waals surface area contributed by atoms with E-state index in [1.165, 1.54) is 6.20 Å². The highest BCUT2D eigenvalue weighted by atomic mass is 19.4. The highest BCUT2D eigenvalue weighted by Gasteiger charge is 2.60. The van der Waals surface area contributed by atoms with E-state index in [0.29, 0.717) is 29.0 Å². The van der Waals surface area contributed by atoms with E-state index in [0.717, 1.165) is 24.6 Å². The lowest BCUT2D eigenvalue weighted by atomic mass is 10.0. The first kappa shape index (κ1) is 17.8. The highest BCUT2D eigenvalue weighted by Crippen LogP contribution is 2.64. The molecule has 2 aliphatic carbocycles. The molecule has 0 saturated heterocycles. The van der Waals surface area contributed by atoms with Crippen LogP contribution in [0.3, 0.4) is 0 Å². The van der Waals surface area contributed by atoms with Crippen LogP contribution in [0, 0.1) is 18.4 Å². The van der Waals surface area contributed by atoms with Crippen LogP contribution in [0.5, 0.6) is 0 Å². The second-order valence-corrected chi connectivity index (χ2v) is 7.76. The lowest BCUT2D eigenvalue weighted by Gasteiger charge is -2.12. The molecule has 8 heteroatoms. The van der Waals surface area contributed by atoms with Gasteiger partial charge in [-0.3, -0.25) is 4.68 Å². The molecule has 2 saturated carbocycles. The molecule has 0 radical (unpaired) electrons. The minimum atomic E-state index is -4.56. The van der Waals surface area contributed by atoms with Gasteiger partial charge in [0.1, 0.15) is 5.82 Å². The van der Waals surface area contributed by atoms with Crippen molar-refractivity contribution in [1.82, 2.24) is 14.8 Å². The predicted molar refractivity (Wildman–Crippen MR) is 94.6 cm³/mol.